The smallest absolute Gasteiger partial charge is 0.330 e. The van der Waals surface area contributed by atoms with Gasteiger partial charge in [0.25, 0.3) is 0 Å². The Balaban J connectivity index is 3.49. The second kappa shape index (κ2) is 7.16. The first-order valence-corrected chi connectivity index (χ1v) is 7.49. The molecule has 29 heavy (non-hydrogen) atoms. The monoisotopic (exact) mass is 517 g/mol. The molecule has 0 unspecified atom stereocenters. The van der Waals surface area contributed by atoms with Crippen molar-refractivity contribution >= 4 is 21.8 Å². The summed E-state index contributed by atoms with van der Waals surface area (Å²) in [6, 6.07) is -5.60. The highest BCUT2D eigenvalue weighted by Gasteiger charge is 2.93. The largest absolute Gasteiger partial charge is 0.582 e. The molecular weight excluding hydrogens is 512 g/mol. The number of alkyl halides is 12. The van der Waals surface area contributed by atoms with E-state index in [1.807, 2.05) is 0 Å². The summed E-state index contributed by atoms with van der Waals surface area (Å²) in [4.78, 5) is 22.9. The predicted octanol–water partition coefficient (Wildman–Crippen LogP) is 5.11. The molecule has 0 aliphatic carbocycles. The van der Waals surface area contributed by atoms with E-state index in [2.05, 4.69) is 15.9 Å². The van der Waals surface area contributed by atoms with Crippen molar-refractivity contribution in [1.82, 2.24) is 4.57 Å². The van der Waals surface area contributed by atoms with E-state index in [0.29, 0.717) is 10.6 Å². The summed E-state index contributed by atoms with van der Waals surface area (Å²) in [5, 5.41) is 0. The van der Waals surface area contributed by atoms with Gasteiger partial charge < -0.3 is 4.57 Å². The summed E-state index contributed by atoms with van der Waals surface area (Å²) >= 11 is 2.70. The van der Waals surface area contributed by atoms with E-state index < -0.39 is 52.5 Å². The first-order valence-electron chi connectivity index (χ1n) is 6.69. The molecule has 4 nitrogen and oxygen atoms in total. The molecule has 0 saturated carbocycles. The van der Waals surface area contributed by atoms with Gasteiger partial charge in [-0.15, -0.1) is 8.78 Å². The van der Waals surface area contributed by atoms with E-state index in [1.54, 1.807) is 0 Å². The molecule has 1 aromatic heterocycles. The minimum atomic E-state index is -7.90. The third-order valence-corrected chi connectivity index (χ3v) is 4.37. The van der Waals surface area contributed by atoms with Crippen LogP contribution in [0.1, 0.15) is 10.5 Å². The van der Waals surface area contributed by atoms with E-state index in [1.165, 1.54) is 0 Å². The number of aromatic nitrogens is 1. The molecule has 17 heteroatoms. The zero-order chi connectivity index (χ0) is 23.4. The molecule has 0 atom stereocenters. The summed E-state index contributed by atoms with van der Waals surface area (Å²) in [7, 11) is 0.896. The van der Waals surface area contributed by atoms with Crippen LogP contribution in [0.25, 0.3) is 0 Å². The molecule has 0 bridgehead atoms. The molecule has 1 heterocycles. The van der Waals surface area contributed by atoms with Crippen LogP contribution in [0, 0.1) is 4.91 Å². The Bertz CT molecular complexity index is 820. The van der Waals surface area contributed by atoms with Crippen molar-refractivity contribution in [2.24, 2.45) is 7.05 Å². The zero-order valence-corrected chi connectivity index (χ0v) is 14.9. The quantitative estimate of drug-likeness (QED) is 0.287. The number of nitroso groups, excluding NO2 is 1. The number of carbonyl (C=O) groups is 1. The van der Waals surface area contributed by atoms with Gasteiger partial charge >= 0.3 is 42.1 Å². The molecule has 0 N–H and O–H groups in total. The predicted molar refractivity (Wildman–Crippen MR) is 71.8 cm³/mol. The molecule has 0 aliphatic rings. The van der Waals surface area contributed by atoms with Crippen LogP contribution in [0.15, 0.2) is 16.7 Å². The van der Waals surface area contributed by atoms with Gasteiger partial charge in [-0.2, -0.15) is 35.1 Å². The summed E-state index contributed by atoms with van der Waals surface area (Å²) in [6.07, 6.45) is -5.67. The van der Waals surface area contributed by atoms with Crippen molar-refractivity contribution in [3.8, 4) is 0 Å². The molecule has 0 radical (unpaired) electrons. The van der Waals surface area contributed by atoms with E-state index >= 15 is 0 Å². The molecule has 1 amide bonds. The van der Waals surface area contributed by atoms with Gasteiger partial charge in [0.15, 0.2) is 10.5 Å². The highest BCUT2D eigenvalue weighted by molar-refractivity contribution is 9.10. The number of carbonyl (C=O) groups excluding carboxylic acids is 1. The second-order valence-electron chi connectivity index (χ2n) is 5.39. The lowest BCUT2D eigenvalue weighted by atomic mass is 9.97. The molecule has 0 aromatic carbocycles. The van der Waals surface area contributed by atoms with Crippen molar-refractivity contribution in [3.05, 3.63) is 27.3 Å². The molecule has 0 saturated heterocycles. The number of hydrogen-bond donors (Lipinski definition) is 0. The Morgan fingerprint density at radius 3 is 1.72 bits per heavy atom. The van der Waals surface area contributed by atoms with Crippen LogP contribution in [0.2, 0.25) is 0 Å². The summed E-state index contributed by atoms with van der Waals surface area (Å²) in [5.41, 5.74) is -1.13. The van der Waals surface area contributed by atoms with Crippen LogP contribution in [0.4, 0.5) is 52.7 Å². The fourth-order valence-electron chi connectivity index (χ4n) is 1.79. The Kier molecular flexibility index (Phi) is 6.23. The van der Waals surface area contributed by atoms with Crippen LogP contribution >= 0.6 is 15.9 Å². The van der Waals surface area contributed by atoms with Crippen molar-refractivity contribution in [1.29, 1.82) is 0 Å². The lowest BCUT2D eigenvalue weighted by molar-refractivity contribution is -0.666. The lowest BCUT2D eigenvalue weighted by Crippen LogP contribution is -2.70. The maximum atomic E-state index is 13.7. The van der Waals surface area contributed by atoms with E-state index in [9.17, 15) is 62.4 Å². The average molecular weight is 518 g/mol. The van der Waals surface area contributed by atoms with Gasteiger partial charge in [-0.3, -0.25) is 0 Å². The minimum Gasteiger partial charge on any atom is -0.330 e. The molecule has 1 aromatic rings. The van der Waals surface area contributed by atoms with Crippen molar-refractivity contribution in [2.75, 3.05) is 0 Å². The number of amides is 1. The lowest BCUT2D eigenvalue weighted by Gasteiger charge is -2.35. The van der Waals surface area contributed by atoms with Gasteiger partial charge in [0.05, 0.1) is 4.60 Å². The maximum absolute atomic E-state index is 13.7. The zero-order valence-electron chi connectivity index (χ0n) is 13.4. The first-order chi connectivity index (χ1) is 12.7. The Morgan fingerprint density at radius 2 is 1.38 bits per heavy atom. The van der Waals surface area contributed by atoms with Gasteiger partial charge in [0, 0.05) is 12.0 Å². The van der Waals surface area contributed by atoms with Crippen molar-refractivity contribution < 1.29 is 62.2 Å². The molecular formula is C12H6BrF12N2O2+. The van der Waals surface area contributed by atoms with E-state index in [0.717, 1.165) is 13.1 Å². The van der Waals surface area contributed by atoms with Gasteiger partial charge in [0.1, 0.15) is 0 Å². The minimum absolute atomic E-state index is 0.113. The fraction of sp³-hybridized carbons (Fsp3) is 0.583. The van der Waals surface area contributed by atoms with Gasteiger partial charge in [-0.1, -0.05) is 0 Å². The number of halogens is 13. The van der Waals surface area contributed by atoms with Crippen LogP contribution < -0.4 is 0 Å². The second-order valence-corrected chi connectivity index (χ2v) is 6.20. The fourth-order valence-corrected chi connectivity index (χ4v) is 2.12. The third-order valence-electron chi connectivity index (χ3n) is 3.58. The molecule has 0 spiro atoms. The SMILES string of the molecule is Cn1c(Br)ccc1C(=O)[N+](=O)C(F)(F)C(F)(F)C(F)(F)C(F)(F)C(F)(F)C(F)F. The standard InChI is InChI=1S/C12H6BrF12N2O2/c1-26-4(2-3-5(26)13)6(28)27(29)12(24,25)11(22,23)10(20,21)9(18,19)8(16,17)7(14)15/h2-3,7H,1H3/q+1. The molecule has 0 fully saturated rings. The third kappa shape index (κ3) is 3.39. The summed E-state index contributed by atoms with van der Waals surface area (Å²) < 4.78 is 154. The molecule has 0 aliphatic heterocycles. The van der Waals surface area contributed by atoms with Crippen LogP contribution in [-0.4, -0.2) is 51.4 Å². The molecule has 1 rings (SSSR count). The maximum Gasteiger partial charge on any atom is 0.582 e. The van der Waals surface area contributed by atoms with Crippen molar-refractivity contribution in [3.63, 3.8) is 0 Å². The van der Waals surface area contributed by atoms with Crippen molar-refractivity contribution in [2.45, 2.75) is 36.2 Å². The van der Waals surface area contributed by atoms with Gasteiger partial charge in [-0.25, -0.2) is 13.6 Å². The summed E-state index contributed by atoms with van der Waals surface area (Å²) in [6.45, 7) is 0. The number of rotatable bonds is 7. The average Bonchev–Trinajstić information content (AvgIpc) is 2.91. The number of nitrogens with zero attached hydrogens (tertiary/aromatic N) is 2. The first kappa shape index (κ1) is 25.2. The summed E-state index contributed by atoms with van der Waals surface area (Å²) in [5.74, 6) is -33.2. The van der Waals surface area contributed by atoms with Crippen LogP contribution in [0.5, 0.6) is 0 Å². The van der Waals surface area contributed by atoms with E-state index in [4.69, 9.17) is 0 Å². The van der Waals surface area contributed by atoms with E-state index in [-0.39, 0.29) is 4.60 Å². The van der Waals surface area contributed by atoms with Crippen LogP contribution in [0.3, 0.4) is 0 Å². The Labute approximate surface area is 160 Å². The van der Waals surface area contributed by atoms with Gasteiger partial charge in [0.2, 0.25) is 0 Å². The highest BCUT2D eigenvalue weighted by atomic mass is 79.9. The Hall–Kier alpha value is -1.81. The Morgan fingerprint density at radius 1 is 0.931 bits per heavy atom. The van der Waals surface area contributed by atoms with Crippen LogP contribution in [-0.2, 0) is 7.05 Å². The highest BCUT2D eigenvalue weighted by Crippen LogP contribution is 2.58. The molecule has 166 valence electrons. The normalized spacial score (nSPS) is 14.4. The topological polar surface area (TPSA) is 42.1 Å². The van der Waals surface area contributed by atoms with Gasteiger partial charge in [-0.05, 0) is 28.1 Å². The number of hydrogen-bond acceptors (Lipinski definition) is 2.